The highest BCUT2D eigenvalue weighted by Crippen LogP contribution is 2.24. The molecule has 0 bridgehead atoms. The van der Waals surface area contributed by atoms with Gasteiger partial charge in [-0.2, -0.15) is 0 Å². The summed E-state index contributed by atoms with van der Waals surface area (Å²) in [6.45, 7) is 4.26. The van der Waals surface area contributed by atoms with Crippen molar-refractivity contribution in [2.24, 2.45) is 5.92 Å². The van der Waals surface area contributed by atoms with E-state index in [1.165, 1.54) is 0 Å². The molecule has 2 aliphatic heterocycles. The third-order valence-electron chi connectivity index (χ3n) is 5.88. The van der Waals surface area contributed by atoms with E-state index in [1.807, 2.05) is 40.1 Å². The molecule has 0 radical (unpaired) electrons. The Labute approximate surface area is 165 Å². The Morgan fingerprint density at radius 2 is 1.82 bits per heavy atom. The quantitative estimate of drug-likeness (QED) is 0.817. The number of aromatic nitrogens is 1. The number of hydrogen-bond acceptors (Lipinski definition) is 4. The Kier molecular flexibility index (Phi) is 5.86. The molecule has 0 spiro atoms. The summed E-state index contributed by atoms with van der Waals surface area (Å²) in [5, 5.41) is 0.991. The standard InChI is InChI=1S/C22H27N3O3/c26-21(24-12-14-28-15-13-24)6-3-17-7-10-25(11-8-17)22(27)19-4-5-20-18(16-19)2-1-9-23-20/h1-2,4-5,9,16-17H,3,6-8,10-15H2. The van der Waals surface area contributed by atoms with E-state index in [9.17, 15) is 9.59 Å². The summed E-state index contributed by atoms with van der Waals surface area (Å²) in [5.74, 6) is 0.856. The fourth-order valence-corrected chi connectivity index (χ4v) is 4.11. The molecule has 1 aromatic heterocycles. The Morgan fingerprint density at radius 3 is 2.61 bits per heavy atom. The number of carbonyl (C=O) groups is 2. The van der Waals surface area contributed by atoms with Crippen LogP contribution in [0.3, 0.4) is 0 Å². The van der Waals surface area contributed by atoms with Gasteiger partial charge in [0.15, 0.2) is 0 Å². The first-order valence-electron chi connectivity index (χ1n) is 10.2. The largest absolute Gasteiger partial charge is 0.378 e. The molecule has 0 unspecified atom stereocenters. The van der Waals surface area contributed by atoms with E-state index in [4.69, 9.17) is 4.74 Å². The summed E-state index contributed by atoms with van der Waals surface area (Å²) in [6.07, 6.45) is 5.23. The van der Waals surface area contributed by atoms with Crippen LogP contribution in [0.2, 0.25) is 0 Å². The molecule has 0 saturated carbocycles. The van der Waals surface area contributed by atoms with Crippen LogP contribution >= 0.6 is 0 Å². The first-order chi connectivity index (χ1) is 13.7. The Morgan fingerprint density at radius 1 is 1.04 bits per heavy atom. The fourth-order valence-electron chi connectivity index (χ4n) is 4.11. The Hall–Kier alpha value is -2.47. The maximum absolute atomic E-state index is 12.9. The van der Waals surface area contributed by atoms with Gasteiger partial charge in [0.25, 0.3) is 5.91 Å². The van der Waals surface area contributed by atoms with Gasteiger partial charge in [0.05, 0.1) is 18.7 Å². The van der Waals surface area contributed by atoms with Crippen LogP contribution in [-0.2, 0) is 9.53 Å². The minimum atomic E-state index is 0.0913. The number of piperidine rings is 1. The number of carbonyl (C=O) groups excluding carboxylic acids is 2. The number of amides is 2. The second kappa shape index (κ2) is 8.69. The van der Waals surface area contributed by atoms with Crippen molar-refractivity contribution in [3.05, 3.63) is 42.1 Å². The highest BCUT2D eigenvalue weighted by Gasteiger charge is 2.25. The lowest BCUT2D eigenvalue weighted by atomic mass is 9.91. The van der Waals surface area contributed by atoms with Gasteiger partial charge in [-0.1, -0.05) is 6.07 Å². The van der Waals surface area contributed by atoms with Gasteiger partial charge in [-0.25, -0.2) is 0 Å². The number of fused-ring (bicyclic) bond motifs is 1. The molecule has 2 aliphatic rings. The predicted octanol–water partition coefficient (Wildman–Crippen LogP) is 2.73. The lowest BCUT2D eigenvalue weighted by Crippen LogP contribution is -2.41. The SMILES string of the molecule is O=C(CCC1CCN(C(=O)c2ccc3ncccc3c2)CC1)N1CCOCC1. The van der Waals surface area contributed by atoms with Crippen LogP contribution in [0.25, 0.3) is 10.9 Å². The maximum Gasteiger partial charge on any atom is 0.253 e. The third kappa shape index (κ3) is 4.33. The second-order valence-electron chi connectivity index (χ2n) is 7.68. The zero-order valence-corrected chi connectivity index (χ0v) is 16.2. The minimum absolute atomic E-state index is 0.0913. The zero-order valence-electron chi connectivity index (χ0n) is 16.2. The number of hydrogen-bond donors (Lipinski definition) is 0. The van der Waals surface area contributed by atoms with Gasteiger partial charge in [0.1, 0.15) is 0 Å². The van der Waals surface area contributed by atoms with Gasteiger partial charge in [-0.05, 0) is 49.4 Å². The van der Waals surface area contributed by atoms with Crippen molar-refractivity contribution in [3.63, 3.8) is 0 Å². The first kappa shape index (κ1) is 18.9. The molecular weight excluding hydrogens is 354 g/mol. The van der Waals surface area contributed by atoms with E-state index in [0.29, 0.717) is 38.6 Å². The van der Waals surface area contributed by atoms with Crippen molar-refractivity contribution in [1.82, 2.24) is 14.8 Å². The summed E-state index contributed by atoms with van der Waals surface area (Å²) in [6, 6.07) is 9.58. The zero-order chi connectivity index (χ0) is 19.3. The number of nitrogens with zero attached hydrogens (tertiary/aromatic N) is 3. The molecule has 148 valence electrons. The fraction of sp³-hybridized carbons (Fsp3) is 0.500. The molecule has 2 aromatic rings. The van der Waals surface area contributed by atoms with Crippen LogP contribution in [0.15, 0.2) is 36.5 Å². The predicted molar refractivity (Wildman–Crippen MR) is 107 cm³/mol. The van der Waals surface area contributed by atoms with E-state index < -0.39 is 0 Å². The Balaban J connectivity index is 1.27. The first-order valence-corrected chi connectivity index (χ1v) is 10.2. The van der Waals surface area contributed by atoms with Crippen LogP contribution in [0.5, 0.6) is 0 Å². The van der Waals surface area contributed by atoms with Crippen LogP contribution < -0.4 is 0 Å². The normalized spacial score (nSPS) is 18.4. The van der Waals surface area contributed by atoms with Gasteiger partial charge < -0.3 is 14.5 Å². The average Bonchev–Trinajstić information content (AvgIpc) is 2.77. The second-order valence-corrected chi connectivity index (χ2v) is 7.68. The molecule has 0 aliphatic carbocycles. The van der Waals surface area contributed by atoms with E-state index in [2.05, 4.69) is 4.98 Å². The minimum Gasteiger partial charge on any atom is -0.378 e. The lowest BCUT2D eigenvalue weighted by molar-refractivity contribution is -0.135. The summed E-state index contributed by atoms with van der Waals surface area (Å²) in [7, 11) is 0. The number of rotatable bonds is 4. The van der Waals surface area contributed by atoms with Crippen LogP contribution in [-0.4, -0.2) is 66.0 Å². The van der Waals surface area contributed by atoms with Crippen LogP contribution in [0.1, 0.15) is 36.0 Å². The Bertz CT molecular complexity index is 840. The number of likely N-dealkylation sites (tertiary alicyclic amines) is 1. The van der Waals surface area contributed by atoms with Gasteiger partial charge in [-0.3, -0.25) is 14.6 Å². The molecule has 0 N–H and O–H groups in total. The molecule has 28 heavy (non-hydrogen) atoms. The van der Waals surface area contributed by atoms with E-state index in [-0.39, 0.29) is 11.8 Å². The van der Waals surface area contributed by atoms with Crippen molar-refractivity contribution >= 4 is 22.7 Å². The molecule has 4 rings (SSSR count). The monoisotopic (exact) mass is 381 g/mol. The third-order valence-corrected chi connectivity index (χ3v) is 5.88. The topological polar surface area (TPSA) is 62.7 Å². The number of morpholine rings is 1. The highest BCUT2D eigenvalue weighted by molar-refractivity contribution is 5.98. The van der Waals surface area contributed by atoms with Crippen molar-refractivity contribution in [1.29, 1.82) is 0 Å². The molecule has 2 amide bonds. The molecule has 0 atom stereocenters. The van der Waals surface area contributed by atoms with Crippen molar-refractivity contribution < 1.29 is 14.3 Å². The molecular formula is C22H27N3O3. The summed E-state index contributed by atoms with van der Waals surface area (Å²) < 4.78 is 5.30. The van der Waals surface area contributed by atoms with Crippen molar-refractivity contribution in [3.8, 4) is 0 Å². The van der Waals surface area contributed by atoms with E-state index in [0.717, 1.165) is 48.8 Å². The molecule has 2 fully saturated rings. The average molecular weight is 381 g/mol. The maximum atomic E-state index is 12.9. The molecule has 3 heterocycles. The van der Waals surface area contributed by atoms with Gasteiger partial charge >= 0.3 is 0 Å². The van der Waals surface area contributed by atoms with Crippen molar-refractivity contribution in [2.75, 3.05) is 39.4 Å². The van der Waals surface area contributed by atoms with Crippen molar-refractivity contribution in [2.45, 2.75) is 25.7 Å². The smallest absolute Gasteiger partial charge is 0.253 e. The number of benzene rings is 1. The summed E-state index contributed by atoms with van der Waals surface area (Å²) >= 11 is 0. The van der Waals surface area contributed by atoms with Gasteiger partial charge in [-0.15, -0.1) is 0 Å². The summed E-state index contributed by atoms with van der Waals surface area (Å²) in [5.41, 5.74) is 1.63. The lowest BCUT2D eigenvalue weighted by Gasteiger charge is -2.33. The summed E-state index contributed by atoms with van der Waals surface area (Å²) in [4.78, 5) is 33.3. The van der Waals surface area contributed by atoms with Gasteiger partial charge in [0, 0.05) is 49.7 Å². The van der Waals surface area contributed by atoms with E-state index >= 15 is 0 Å². The van der Waals surface area contributed by atoms with Crippen LogP contribution in [0, 0.1) is 5.92 Å². The molecule has 6 heteroatoms. The molecule has 2 saturated heterocycles. The van der Waals surface area contributed by atoms with Gasteiger partial charge in [0.2, 0.25) is 5.91 Å². The van der Waals surface area contributed by atoms with Crippen LogP contribution in [0.4, 0.5) is 0 Å². The van der Waals surface area contributed by atoms with E-state index in [1.54, 1.807) is 6.20 Å². The number of pyridine rings is 1. The number of ether oxygens (including phenoxy) is 1. The molecule has 1 aromatic carbocycles. The highest BCUT2D eigenvalue weighted by atomic mass is 16.5. The molecule has 6 nitrogen and oxygen atoms in total.